The minimum Gasteiger partial charge on any atom is -0.369 e. The van der Waals surface area contributed by atoms with Crippen LogP contribution < -0.4 is 5.73 Å². The molecule has 1 saturated heterocycles. The summed E-state index contributed by atoms with van der Waals surface area (Å²) >= 11 is 0. The molecule has 0 bridgehead atoms. The van der Waals surface area contributed by atoms with Gasteiger partial charge in [-0.3, -0.25) is 14.5 Å². The molecular weight excluding hydrogens is 252 g/mol. The third kappa shape index (κ3) is 3.45. The van der Waals surface area contributed by atoms with Gasteiger partial charge in [-0.15, -0.1) is 0 Å². The second-order valence-electron chi connectivity index (χ2n) is 5.72. The number of Topliss-reactive ketones (excluding diaryl/α,β-unsaturated/α-hetero) is 1. The zero-order chi connectivity index (χ0) is 14.7. The van der Waals surface area contributed by atoms with Crippen LogP contribution in [-0.2, 0) is 4.79 Å². The predicted molar refractivity (Wildman–Crippen MR) is 78.6 cm³/mol. The molecule has 4 nitrogen and oxygen atoms in total. The molecule has 108 valence electrons. The van der Waals surface area contributed by atoms with Crippen molar-refractivity contribution in [2.75, 3.05) is 19.6 Å². The summed E-state index contributed by atoms with van der Waals surface area (Å²) in [6.07, 6.45) is 1.76. The molecule has 0 aliphatic carbocycles. The Morgan fingerprint density at radius 2 is 2.10 bits per heavy atom. The topological polar surface area (TPSA) is 63.4 Å². The van der Waals surface area contributed by atoms with Crippen LogP contribution in [0.4, 0.5) is 0 Å². The van der Waals surface area contributed by atoms with Crippen molar-refractivity contribution in [1.82, 2.24) is 4.90 Å². The highest BCUT2D eigenvalue weighted by Crippen LogP contribution is 2.17. The number of aryl methyl sites for hydroxylation is 2. The molecule has 0 spiro atoms. The maximum absolute atomic E-state index is 12.4. The number of ketones is 1. The number of nitrogens with zero attached hydrogens (tertiary/aromatic N) is 1. The van der Waals surface area contributed by atoms with Gasteiger partial charge in [0.25, 0.3) is 0 Å². The van der Waals surface area contributed by atoms with E-state index >= 15 is 0 Å². The first-order chi connectivity index (χ1) is 9.47. The molecule has 1 fully saturated rings. The summed E-state index contributed by atoms with van der Waals surface area (Å²) in [5.74, 6) is -0.253. The molecule has 4 heteroatoms. The zero-order valence-corrected chi connectivity index (χ0v) is 12.2. The molecule has 0 radical (unpaired) electrons. The monoisotopic (exact) mass is 274 g/mol. The quantitative estimate of drug-likeness (QED) is 0.850. The Balaban J connectivity index is 2.02. The van der Waals surface area contributed by atoms with E-state index in [0.29, 0.717) is 13.1 Å². The molecule has 1 aromatic rings. The number of carbonyl (C=O) groups is 2. The maximum atomic E-state index is 12.4. The Hall–Kier alpha value is -1.68. The van der Waals surface area contributed by atoms with Crippen LogP contribution in [0.25, 0.3) is 0 Å². The van der Waals surface area contributed by atoms with Gasteiger partial charge < -0.3 is 5.73 Å². The average molecular weight is 274 g/mol. The summed E-state index contributed by atoms with van der Waals surface area (Å²) < 4.78 is 0. The number of nitrogens with two attached hydrogens (primary N) is 1. The van der Waals surface area contributed by atoms with Crippen molar-refractivity contribution in [3.05, 3.63) is 34.9 Å². The lowest BCUT2D eigenvalue weighted by Gasteiger charge is -2.30. The Bertz CT molecular complexity index is 525. The van der Waals surface area contributed by atoms with Crippen LogP contribution in [0.2, 0.25) is 0 Å². The lowest BCUT2D eigenvalue weighted by atomic mass is 9.96. The third-order valence-corrected chi connectivity index (χ3v) is 3.96. The second-order valence-corrected chi connectivity index (χ2v) is 5.72. The van der Waals surface area contributed by atoms with Gasteiger partial charge in [-0.25, -0.2) is 0 Å². The van der Waals surface area contributed by atoms with Gasteiger partial charge in [0, 0.05) is 12.1 Å². The smallest absolute Gasteiger partial charge is 0.221 e. The molecule has 1 amide bonds. The van der Waals surface area contributed by atoms with E-state index in [1.807, 2.05) is 36.9 Å². The van der Waals surface area contributed by atoms with E-state index in [-0.39, 0.29) is 17.6 Å². The van der Waals surface area contributed by atoms with Crippen molar-refractivity contribution in [1.29, 1.82) is 0 Å². The molecule has 0 aromatic heterocycles. The lowest BCUT2D eigenvalue weighted by Crippen LogP contribution is -2.43. The van der Waals surface area contributed by atoms with Crippen molar-refractivity contribution in [2.45, 2.75) is 26.7 Å². The van der Waals surface area contributed by atoms with Gasteiger partial charge in [-0.05, 0) is 38.8 Å². The van der Waals surface area contributed by atoms with Crippen molar-refractivity contribution >= 4 is 11.7 Å². The number of piperidine rings is 1. The number of primary amides is 1. The lowest BCUT2D eigenvalue weighted by molar-refractivity contribution is -0.123. The van der Waals surface area contributed by atoms with E-state index in [4.69, 9.17) is 5.73 Å². The van der Waals surface area contributed by atoms with E-state index < -0.39 is 0 Å². The van der Waals surface area contributed by atoms with E-state index in [1.165, 1.54) is 0 Å². The Morgan fingerprint density at radius 1 is 1.35 bits per heavy atom. The Labute approximate surface area is 119 Å². The molecule has 1 aromatic carbocycles. The molecule has 1 unspecified atom stereocenters. The van der Waals surface area contributed by atoms with Crippen LogP contribution in [0.3, 0.4) is 0 Å². The van der Waals surface area contributed by atoms with Crippen LogP contribution in [0.1, 0.15) is 34.3 Å². The average Bonchev–Trinajstić information content (AvgIpc) is 2.38. The zero-order valence-electron chi connectivity index (χ0n) is 12.2. The van der Waals surface area contributed by atoms with Crippen molar-refractivity contribution in [3.63, 3.8) is 0 Å². The highest BCUT2D eigenvalue weighted by atomic mass is 16.1. The van der Waals surface area contributed by atoms with Gasteiger partial charge in [-0.1, -0.05) is 23.8 Å². The Kier molecular flexibility index (Phi) is 4.55. The second kappa shape index (κ2) is 6.18. The molecule has 2 N–H and O–H groups in total. The molecular formula is C16H22N2O2. The Morgan fingerprint density at radius 3 is 2.75 bits per heavy atom. The molecule has 0 saturated carbocycles. The minimum atomic E-state index is -0.256. The van der Waals surface area contributed by atoms with Crippen molar-refractivity contribution in [2.24, 2.45) is 11.7 Å². The SMILES string of the molecule is Cc1ccc(C(=O)CN2CCCC(C(N)=O)C2)c(C)c1. The number of rotatable bonds is 4. The number of likely N-dealkylation sites (tertiary alicyclic amines) is 1. The number of carbonyl (C=O) groups excluding carboxylic acids is 2. The number of hydrogen-bond donors (Lipinski definition) is 1. The summed E-state index contributed by atoms with van der Waals surface area (Å²) in [7, 11) is 0. The van der Waals surface area contributed by atoms with Gasteiger partial charge >= 0.3 is 0 Å². The van der Waals surface area contributed by atoms with Crippen molar-refractivity contribution < 1.29 is 9.59 Å². The van der Waals surface area contributed by atoms with Crippen LogP contribution in [0.5, 0.6) is 0 Å². The molecule has 1 atom stereocenters. The minimum absolute atomic E-state index is 0.115. The highest BCUT2D eigenvalue weighted by Gasteiger charge is 2.25. The number of benzene rings is 1. The van der Waals surface area contributed by atoms with E-state index in [2.05, 4.69) is 0 Å². The van der Waals surface area contributed by atoms with E-state index in [1.54, 1.807) is 0 Å². The van der Waals surface area contributed by atoms with E-state index in [0.717, 1.165) is 36.1 Å². The first-order valence-electron chi connectivity index (χ1n) is 7.09. The molecule has 1 heterocycles. The first kappa shape index (κ1) is 14.7. The van der Waals surface area contributed by atoms with Crippen LogP contribution in [0.15, 0.2) is 18.2 Å². The normalized spacial score (nSPS) is 19.8. The van der Waals surface area contributed by atoms with E-state index in [9.17, 15) is 9.59 Å². The number of amides is 1. The first-order valence-corrected chi connectivity index (χ1v) is 7.09. The number of hydrogen-bond acceptors (Lipinski definition) is 3. The fourth-order valence-electron chi connectivity index (χ4n) is 2.85. The predicted octanol–water partition coefficient (Wildman–Crippen LogP) is 1.68. The van der Waals surface area contributed by atoms with Crippen molar-refractivity contribution in [3.8, 4) is 0 Å². The molecule has 20 heavy (non-hydrogen) atoms. The fraction of sp³-hybridized carbons (Fsp3) is 0.500. The van der Waals surface area contributed by atoms with Crippen LogP contribution in [-0.4, -0.2) is 36.2 Å². The molecule has 2 rings (SSSR count). The third-order valence-electron chi connectivity index (χ3n) is 3.96. The van der Waals surface area contributed by atoms with Gasteiger partial charge in [0.15, 0.2) is 5.78 Å². The van der Waals surface area contributed by atoms with Gasteiger partial charge in [0.2, 0.25) is 5.91 Å². The largest absolute Gasteiger partial charge is 0.369 e. The summed E-state index contributed by atoms with van der Waals surface area (Å²) in [6, 6.07) is 5.88. The maximum Gasteiger partial charge on any atom is 0.221 e. The highest BCUT2D eigenvalue weighted by molar-refractivity contribution is 5.99. The molecule has 1 aliphatic rings. The standard InChI is InChI=1S/C16H22N2O2/c1-11-5-6-14(12(2)8-11)15(19)10-18-7-3-4-13(9-18)16(17)20/h5-6,8,13H,3-4,7,9-10H2,1-2H3,(H2,17,20). The summed E-state index contributed by atoms with van der Waals surface area (Å²) in [4.78, 5) is 25.7. The van der Waals surface area contributed by atoms with Gasteiger partial charge in [0.1, 0.15) is 0 Å². The van der Waals surface area contributed by atoms with Crippen LogP contribution in [0, 0.1) is 19.8 Å². The summed E-state index contributed by atoms with van der Waals surface area (Å²) in [5, 5.41) is 0. The molecule has 1 aliphatic heterocycles. The van der Waals surface area contributed by atoms with Crippen LogP contribution >= 0.6 is 0 Å². The summed E-state index contributed by atoms with van der Waals surface area (Å²) in [5.41, 5.74) is 8.31. The van der Waals surface area contributed by atoms with Gasteiger partial charge in [-0.2, -0.15) is 0 Å². The van der Waals surface area contributed by atoms with Gasteiger partial charge in [0.05, 0.1) is 12.5 Å². The summed E-state index contributed by atoms with van der Waals surface area (Å²) in [6.45, 7) is 5.81. The fourth-order valence-corrected chi connectivity index (χ4v) is 2.85.